The van der Waals surface area contributed by atoms with E-state index >= 15 is 0 Å². The number of benzene rings is 1. The number of likely N-dealkylation sites (tertiary alicyclic amines) is 1. The summed E-state index contributed by atoms with van der Waals surface area (Å²) in [6, 6.07) is 4.31. The zero-order valence-corrected chi connectivity index (χ0v) is 16.6. The number of carbonyl (C=O) groups is 4. The van der Waals surface area contributed by atoms with E-state index in [4.69, 9.17) is 10.5 Å². The van der Waals surface area contributed by atoms with Crippen LogP contribution in [0.2, 0.25) is 0 Å². The first-order valence-corrected chi connectivity index (χ1v) is 10.3. The average molecular weight is 412 g/mol. The molecule has 0 aromatic heterocycles. The number of hydrogen-bond acceptors (Lipinski definition) is 7. The molecule has 0 saturated carbocycles. The Balaban J connectivity index is 1.33. The molecule has 1 aromatic carbocycles. The van der Waals surface area contributed by atoms with E-state index in [0.29, 0.717) is 30.8 Å². The summed E-state index contributed by atoms with van der Waals surface area (Å²) in [6.07, 6.45) is 1.34. The van der Waals surface area contributed by atoms with E-state index in [1.807, 2.05) is 6.07 Å². The molecular formula is C21H24N4O5. The fraction of sp³-hybridized carbons (Fsp3) is 0.524. The zero-order valence-electron chi connectivity index (χ0n) is 16.6. The standard InChI is InChI=1S/C21H24N4O5/c22-7-13-6-21(11-30-13)9-24(10-21)8-12-2-1-3-14-17(12)20(29)25(19(14)28)15-4-5-16(26)23-18(15)27/h1-3,13,15H,4-11,22H2,(H,23,26,27). The molecule has 9 heteroatoms. The molecule has 3 saturated heterocycles. The molecule has 4 amide bonds. The third-order valence-electron chi connectivity index (χ3n) is 6.62. The van der Waals surface area contributed by atoms with Gasteiger partial charge in [0, 0.05) is 38.0 Å². The largest absolute Gasteiger partial charge is 0.376 e. The van der Waals surface area contributed by atoms with Crippen LogP contribution in [0.15, 0.2) is 18.2 Å². The first-order valence-electron chi connectivity index (χ1n) is 10.3. The summed E-state index contributed by atoms with van der Waals surface area (Å²) in [5, 5.41) is 2.22. The van der Waals surface area contributed by atoms with Gasteiger partial charge in [0.05, 0.1) is 23.8 Å². The molecule has 2 unspecified atom stereocenters. The highest BCUT2D eigenvalue weighted by molar-refractivity contribution is 6.24. The molecule has 5 rings (SSSR count). The fourth-order valence-electron chi connectivity index (χ4n) is 5.24. The number of nitrogens with one attached hydrogen (secondary N) is 1. The SMILES string of the molecule is NCC1CC2(CO1)CN(Cc1cccc3c1C(=O)N(C1CCC(=O)NC1=O)C3=O)C2. The molecule has 4 aliphatic rings. The van der Waals surface area contributed by atoms with Crippen LogP contribution in [0.25, 0.3) is 0 Å². The van der Waals surface area contributed by atoms with Crippen molar-refractivity contribution >= 4 is 23.6 Å². The number of imide groups is 2. The summed E-state index contributed by atoms with van der Waals surface area (Å²) in [5.74, 6) is -1.90. The van der Waals surface area contributed by atoms with E-state index in [1.54, 1.807) is 12.1 Å². The summed E-state index contributed by atoms with van der Waals surface area (Å²) in [6.45, 7) is 3.53. The maximum atomic E-state index is 13.2. The van der Waals surface area contributed by atoms with Gasteiger partial charge >= 0.3 is 0 Å². The number of fused-ring (bicyclic) bond motifs is 1. The van der Waals surface area contributed by atoms with Crippen LogP contribution in [-0.4, -0.2) is 71.8 Å². The molecule has 0 bridgehead atoms. The maximum absolute atomic E-state index is 13.2. The minimum absolute atomic E-state index is 0.110. The second kappa shape index (κ2) is 6.97. The van der Waals surface area contributed by atoms with Crippen LogP contribution in [0.3, 0.4) is 0 Å². The minimum atomic E-state index is -0.945. The van der Waals surface area contributed by atoms with Crippen LogP contribution in [0.1, 0.15) is 45.5 Å². The van der Waals surface area contributed by atoms with E-state index in [2.05, 4.69) is 10.2 Å². The number of ether oxygens (including phenoxy) is 1. The van der Waals surface area contributed by atoms with Gasteiger partial charge in [-0.15, -0.1) is 0 Å². The lowest BCUT2D eigenvalue weighted by Crippen LogP contribution is -2.56. The lowest BCUT2D eigenvalue weighted by Gasteiger charge is -2.47. The van der Waals surface area contributed by atoms with E-state index in [1.165, 1.54) is 0 Å². The monoisotopic (exact) mass is 412 g/mol. The normalized spacial score (nSPS) is 28.1. The number of carbonyl (C=O) groups excluding carboxylic acids is 4. The Morgan fingerprint density at radius 2 is 1.97 bits per heavy atom. The summed E-state index contributed by atoms with van der Waals surface area (Å²) < 4.78 is 5.74. The maximum Gasteiger partial charge on any atom is 0.262 e. The van der Waals surface area contributed by atoms with E-state index in [9.17, 15) is 19.2 Å². The van der Waals surface area contributed by atoms with Crippen molar-refractivity contribution in [1.29, 1.82) is 0 Å². The minimum Gasteiger partial charge on any atom is -0.376 e. The lowest BCUT2D eigenvalue weighted by molar-refractivity contribution is -0.136. The Labute approximate surface area is 173 Å². The number of amides is 4. The molecule has 30 heavy (non-hydrogen) atoms. The van der Waals surface area contributed by atoms with Gasteiger partial charge in [-0.2, -0.15) is 0 Å². The van der Waals surface area contributed by atoms with Gasteiger partial charge in [0.15, 0.2) is 0 Å². The van der Waals surface area contributed by atoms with Crippen LogP contribution >= 0.6 is 0 Å². The van der Waals surface area contributed by atoms with Crippen LogP contribution in [0.4, 0.5) is 0 Å². The highest BCUT2D eigenvalue weighted by Crippen LogP contribution is 2.42. The molecule has 1 aromatic rings. The summed E-state index contributed by atoms with van der Waals surface area (Å²) in [4.78, 5) is 53.0. The van der Waals surface area contributed by atoms with E-state index in [0.717, 1.165) is 30.0 Å². The van der Waals surface area contributed by atoms with Gasteiger partial charge in [-0.25, -0.2) is 0 Å². The van der Waals surface area contributed by atoms with Gasteiger partial charge < -0.3 is 10.5 Å². The van der Waals surface area contributed by atoms with Gasteiger partial charge in [-0.1, -0.05) is 12.1 Å². The van der Waals surface area contributed by atoms with Crippen molar-refractivity contribution in [3.05, 3.63) is 34.9 Å². The Kier molecular flexibility index (Phi) is 4.49. The summed E-state index contributed by atoms with van der Waals surface area (Å²) >= 11 is 0. The smallest absolute Gasteiger partial charge is 0.262 e. The van der Waals surface area contributed by atoms with Crippen molar-refractivity contribution in [2.24, 2.45) is 11.1 Å². The van der Waals surface area contributed by atoms with Gasteiger partial charge in [-0.3, -0.25) is 34.3 Å². The average Bonchev–Trinajstić information content (AvgIpc) is 3.23. The molecule has 0 aliphatic carbocycles. The Morgan fingerprint density at radius 1 is 1.17 bits per heavy atom. The first-order chi connectivity index (χ1) is 14.4. The van der Waals surface area contributed by atoms with E-state index < -0.39 is 23.8 Å². The first kappa shape index (κ1) is 19.3. The highest BCUT2D eigenvalue weighted by Gasteiger charge is 2.50. The van der Waals surface area contributed by atoms with Crippen molar-refractivity contribution in [3.8, 4) is 0 Å². The number of hydrogen-bond donors (Lipinski definition) is 2. The second-order valence-corrected chi connectivity index (χ2v) is 8.80. The Bertz CT molecular complexity index is 955. The zero-order chi connectivity index (χ0) is 21.0. The molecule has 3 fully saturated rings. The van der Waals surface area contributed by atoms with Gasteiger partial charge in [0.1, 0.15) is 6.04 Å². The third-order valence-corrected chi connectivity index (χ3v) is 6.62. The summed E-state index contributed by atoms with van der Waals surface area (Å²) in [5.41, 5.74) is 7.33. The van der Waals surface area contributed by atoms with E-state index in [-0.39, 0.29) is 30.3 Å². The Morgan fingerprint density at radius 3 is 2.67 bits per heavy atom. The van der Waals surface area contributed by atoms with Gasteiger partial charge in [0.2, 0.25) is 11.8 Å². The fourth-order valence-corrected chi connectivity index (χ4v) is 5.24. The molecule has 4 heterocycles. The van der Waals surface area contributed by atoms with Crippen molar-refractivity contribution in [3.63, 3.8) is 0 Å². The van der Waals surface area contributed by atoms with Crippen LogP contribution in [0.5, 0.6) is 0 Å². The molecule has 4 aliphatic heterocycles. The molecule has 158 valence electrons. The van der Waals surface area contributed by atoms with Crippen molar-refractivity contribution in [2.45, 2.75) is 38.0 Å². The molecule has 1 spiro atoms. The predicted molar refractivity (Wildman–Crippen MR) is 104 cm³/mol. The lowest BCUT2D eigenvalue weighted by atomic mass is 9.77. The molecule has 9 nitrogen and oxygen atoms in total. The highest BCUT2D eigenvalue weighted by atomic mass is 16.5. The van der Waals surface area contributed by atoms with Crippen LogP contribution in [0, 0.1) is 5.41 Å². The van der Waals surface area contributed by atoms with Crippen molar-refractivity contribution in [1.82, 2.24) is 15.1 Å². The van der Waals surface area contributed by atoms with Gasteiger partial charge in [-0.05, 0) is 24.5 Å². The Hall–Kier alpha value is -2.62. The molecule has 0 radical (unpaired) electrons. The van der Waals surface area contributed by atoms with Crippen LogP contribution < -0.4 is 11.1 Å². The van der Waals surface area contributed by atoms with Crippen LogP contribution in [-0.2, 0) is 20.9 Å². The number of nitrogens with zero attached hydrogens (tertiary/aromatic N) is 2. The second-order valence-electron chi connectivity index (χ2n) is 8.80. The van der Waals surface area contributed by atoms with Crippen molar-refractivity contribution < 1.29 is 23.9 Å². The molecule has 3 N–H and O–H groups in total. The number of nitrogens with two attached hydrogens (primary N) is 1. The third kappa shape index (κ3) is 2.96. The quantitative estimate of drug-likeness (QED) is 0.648. The number of rotatable bonds is 4. The molecular weight excluding hydrogens is 388 g/mol. The topological polar surface area (TPSA) is 122 Å². The predicted octanol–water partition coefficient (Wildman–Crippen LogP) is -0.363. The number of piperidine rings is 1. The summed E-state index contributed by atoms with van der Waals surface area (Å²) in [7, 11) is 0. The van der Waals surface area contributed by atoms with Crippen molar-refractivity contribution in [2.75, 3.05) is 26.2 Å². The molecule has 2 atom stereocenters. The van der Waals surface area contributed by atoms with Gasteiger partial charge in [0.25, 0.3) is 11.8 Å².